The molecular weight excluding hydrogens is 441 g/mol. The number of halogens is 2. The Morgan fingerprint density at radius 3 is 2.84 bits per heavy atom. The zero-order valence-electron chi connectivity index (χ0n) is 17.6. The van der Waals surface area contributed by atoms with Crippen LogP contribution in [0.5, 0.6) is 5.75 Å². The van der Waals surface area contributed by atoms with Crippen LogP contribution in [0.3, 0.4) is 0 Å². The van der Waals surface area contributed by atoms with Crippen LogP contribution in [0.15, 0.2) is 28.8 Å². The van der Waals surface area contributed by atoms with Crippen molar-refractivity contribution in [3.05, 3.63) is 40.8 Å². The third kappa shape index (κ3) is 4.91. The molecular formula is C21H21ClFN5O4. The Morgan fingerprint density at radius 1 is 1.31 bits per heavy atom. The van der Waals surface area contributed by atoms with Gasteiger partial charge in [0.1, 0.15) is 25.1 Å². The molecule has 168 valence electrons. The first-order chi connectivity index (χ1) is 15.3. The summed E-state index contributed by atoms with van der Waals surface area (Å²) in [6.07, 6.45) is -0.531. The molecule has 1 atom stereocenters. The number of hydrogen-bond acceptors (Lipinski definition) is 8. The van der Waals surface area contributed by atoms with E-state index in [0.29, 0.717) is 11.4 Å². The fourth-order valence-corrected chi connectivity index (χ4v) is 3.37. The van der Waals surface area contributed by atoms with E-state index in [1.807, 2.05) is 26.8 Å². The highest BCUT2D eigenvalue weighted by Gasteiger charge is 2.24. The van der Waals surface area contributed by atoms with Gasteiger partial charge in [-0.05, 0) is 39.0 Å². The Labute approximate surface area is 188 Å². The molecule has 9 nitrogen and oxygen atoms in total. The lowest BCUT2D eigenvalue weighted by Crippen LogP contribution is -2.32. The van der Waals surface area contributed by atoms with Crippen LogP contribution >= 0.6 is 11.6 Å². The number of anilines is 1. The molecule has 0 aliphatic carbocycles. The molecule has 3 heterocycles. The summed E-state index contributed by atoms with van der Waals surface area (Å²) in [6, 6.07) is 5.97. The lowest BCUT2D eigenvalue weighted by Gasteiger charge is -2.12. The number of hydrogen-bond donors (Lipinski definition) is 2. The number of amides is 1. The SMILES string of the molecule is Cc1cc(-c2nc(-c3cc(F)c(OC[C@H]4COC(=O)N4)cc3Cl)no2)cc(NC(C)C)n1. The molecule has 32 heavy (non-hydrogen) atoms. The van der Waals surface area contributed by atoms with E-state index in [-0.39, 0.29) is 53.3 Å². The van der Waals surface area contributed by atoms with E-state index < -0.39 is 11.9 Å². The van der Waals surface area contributed by atoms with Crippen molar-refractivity contribution in [3.63, 3.8) is 0 Å². The standard InChI is InChI=1S/C21H21ClFN5O4/c1-10(2)24-18-5-12(4-11(3)25-18)20-27-19(28-32-20)14-6-16(23)17(7-15(14)22)30-8-13-9-31-21(29)26-13/h4-7,10,13H,8-9H2,1-3H3,(H,24,25)(H,26,29)/t13-/m0/s1. The Morgan fingerprint density at radius 2 is 2.12 bits per heavy atom. The second kappa shape index (κ2) is 8.99. The molecule has 0 saturated carbocycles. The quantitative estimate of drug-likeness (QED) is 0.538. The van der Waals surface area contributed by atoms with Gasteiger partial charge in [-0.2, -0.15) is 4.98 Å². The first-order valence-corrected chi connectivity index (χ1v) is 10.3. The Balaban J connectivity index is 1.54. The molecule has 0 unspecified atom stereocenters. The van der Waals surface area contributed by atoms with Crippen LogP contribution in [0, 0.1) is 12.7 Å². The molecule has 2 aromatic heterocycles. The van der Waals surface area contributed by atoms with E-state index in [9.17, 15) is 9.18 Å². The van der Waals surface area contributed by atoms with E-state index in [2.05, 4.69) is 25.8 Å². The van der Waals surface area contributed by atoms with Crippen LogP contribution in [0.4, 0.5) is 15.0 Å². The third-order valence-electron chi connectivity index (χ3n) is 4.50. The molecule has 0 bridgehead atoms. The average Bonchev–Trinajstić information content (AvgIpc) is 3.36. The summed E-state index contributed by atoms with van der Waals surface area (Å²) in [5.41, 5.74) is 1.71. The van der Waals surface area contributed by atoms with Gasteiger partial charge in [-0.1, -0.05) is 16.8 Å². The number of rotatable bonds is 7. The monoisotopic (exact) mass is 461 g/mol. The molecule has 1 saturated heterocycles. The van der Waals surface area contributed by atoms with Crippen LogP contribution < -0.4 is 15.4 Å². The number of aromatic nitrogens is 3. The number of alkyl carbamates (subject to hydrolysis) is 1. The first kappa shape index (κ1) is 21.8. The minimum Gasteiger partial charge on any atom is -0.488 e. The normalized spacial score (nSPS) is 15.6. The van der Waals surface area contributed by atoms with Crippen molar-refractivity contribution in [3.8, 4) is 28.6 Å². The second-order valence-electron chi connectivity index (χ2n) is 7.62. The fraction of sp³-hybridized carbons (Fsp3) is 0.333. The Bertz CT molecular complexity index is 1150. The molecule has 1 aliphatic rings. The number of aryl methyl sites for hydroxylation is 1. The predicted octanol–water partition coefficient (Wildman–Crippen LogP) is 4.21. The number of carbonyl (C=O) groups is 1. The molecule has 1 fully saturated rings. The zero-order chi connectivity index (χ0) is 22.8. The van der Waals surface area contributed by atoms with Crippen LogP contribution in [0.25, 0.3) is 22.8 Å². The fourth-order valence-electron chi connectivity index (χ4n) is 3.13. The van der Waals surface area contributed by atoms with E-state index in [1.54, 1.807) is 6.07 Å². The predicted molar refractivity (Wildman–Crippen MR) is 115 cm³/mol. The molecule has 1 amide bonds. The number of pyridine rings is 1. The van der Waals surface area contributed by atoms with Crippen molar-refractivity contribution >= 4 is 23.5 Å². The summed E-state index contributed by atoms with van der Waals surface area (Å²) < 4.78 is 30.2. The van der Waals surface area contributed by atoms with Gasteiger partial charge in [0.05, 0.1) is 5.02 Å². The van der Waals surface area contributed by atoms with E-state index in [4.69, 9.17) is 25.6 Å². The number of benzene rings is 1. The van der Waals surface area contributed by atoms with Crippen molar-refractivity contribution in [2.45, 2.75) is 32.9 Å². The summed E-state index contributed by atoms with van der Waals surface area (Å²) in [4.78, 5) is 19.9. The van der Waals surface area contributed by atoms with Crippen LogP contribution in [0.1, 0.15) is 19.5 Å². The smallest absolute Gasteiger partial charge is 0.407 e. The summed E-state index contributed by atoms with van der Waals surface area (Å²) in [6.45, 7) is 6.08. The van der Waals surface area contributed by atoms with Crippen molar-refractivity contribution in [2.75, 3.05) is 18.5 Å². The highest BCUT2D eigenvalue weighted by molar-refractivity contribution is 6.33. The van der Waals surface area contributed by atoms with Gasteiger partial charge >= 0.3 is 6.09 Å². The summed E-state index contributed by atoms with van der Waals surface area (Å²) in [5.74, 6) is 0.372. The van der Waals surface area contributed by atoms with Crippen molar-refractivity contribution in [1.82, 2.24) is 20.4 Å². The van der Waals surface area contributed by atoms with E-state index in [1.165, 1.54) is 12.1 Å². The van der Waals surface area contributed by atoms with Crippen molar-refractivity contribution < 1.29 is 23.2 Å². The maximum absolute atomic E-state index is 14.6. The van der Waals surface area contributed by atoms with Gasteiger partial charge in [-0.15, -0.1) is 0 Å². The highest BCUT2D eigenvalue weighted by Crippen LogP contribution is 2.33. The highest BCUT2D eigenvalue weighted by atomic mass is 35.5. The molecule has 2 N–H and O–H groups in total. The number of nitrogens with one attached hydrogen (secondary N) is 2. The summed E-state index contributed by atoms with van der Waals surface area (Å²) in [7, 11) is 0. The maximum Gasteiger partial charge on any atom is 0.407 e. The van der Waals surface area contributed by atoms with Gasteiger partial charge in [0.2, 0.25) is 5.82 Å². The van der Waals surface area contributed by atoms with Crippen molar-refractivity contribution in [2.24, 2.45) is 0 Å². The summed E-state index contributed by atoms with van der Waals surface area (Å²) >= 11 is 6.33. The second-order valence-corrected chi connectivity index (χ2v) is 8.03. The van der Waals surface area contributed by atoms with Gasteiger partial charge < -0.3 is 24.6 Å². The van der Waals surface area contributed by atoms with Crippen LogP contribution in [-0.2, 0) is 4.74 Å². The molecule has 1 aliphatic heterocycles. The number of carbonyl (C=O) groups excluding carboxylic acids is 1. The third-order valence-corrected chi connectivity index (χ3v) is 4.82. The number of ether oxygens (including phenoxy) is 2. The van der Waals surface area contributed by atoms with E-state index in [0.717, 1.165) is 5.69 Å². The average molecular weight is 462 g/mol. The lowest BCUT2D eigenvalue weighted by atomic mass is 10.2. The number of nitrogens with zero attached hydrogens (tertiary/aromatic N) is 3. The topological polar surface area (TPSA) is 111 Å². The van der Waals surface area contributed by atoms with Crippen molar-refractivity contribution in [1.29, 1.82) is 0 Å². The maximum atomic E-state index is 14.6. The molecule has 0 radical (unpaired) electrons. The van der Waals surface area contributed by atoms with Crippen LogP contribution in [-0.4, -0.2) is 46.5 Å². The number of cyclic esters (lactones) is 1. The zero-order valence-corrected chi connectivity index (χ0v) is 18.4. The molecule has 0 spiro atoms. The van der Waals surface area contributed by atoms with Gasteiger partial charge in [-0.3, -0.25) is 0 Å². The molecule has 4 rings (SSSR count). The van der Waals surface area contributed by atoms with Crippen LogP contribution in [0.2, 0.25) is 5.02 Å². The van der Waals surface area contributed by atoms with Gasteiger partial charge in [-0.25, -0.2) is 14.2 Å². The minimum atomic E-state index is -0.649. The molecule has 11 heteroatoms. The Hall–Kier alpha value is -3.40. The first-order valence-electron chi connectivity index (χ1n) is 9.93. The lowest BCUT2D eigenvalue weighted by molar-refractivity contribution is 0.174. The Kier molecular flexibility index (Phi) is 6.13. The van der Waals surface area contributed by atoms with Gasteiger partial charge in [0, 0.05) is 28.9 Å². The minimum absolute atomic E-state index is 0.0405. The summed E-state index contributed by atoms with van der Waals surface area (Å²) in [5, 5.41) is 9.92. The molecule has 3 aromatic rings. The van der Waals surface area contributed by atoms with Gasteiger partial charge in [0.15, 0.2) is 11.6 Å². The van der Waals surface area contributed by atoms with Gasteiger partial charge in [0.25, 0.3) is 5.89 Å². The molecule has 1 aromatic carbocycles. The largest absolute Gasteiger partial charge is 0.488 e. The van der Waals surface area contributed by atoms with E-state index >= 15 is 0 Å².